The summed E-state index contributed by atoms with van der Waals surface area (Å²) in [5, 5.41) is 3.48. The van der Waals surface area contributed by atoms with E-state index in [4.69, 9.17) is 9.47 Å². The number of benzene rings is 1. The van der Waals surface area contributed by atoms with Crippen LogP contribution in [0.3, 0.4) is 0 Å². The minimum absolute atomic E-state index is 0.123. The van der Waals surface area contributed by atoms with Crippen LogP contribution in [-0.4, -0.2) is 26.3 Å². The first-order valence-electron chi connectivity index (χ1n) is 6.29. The molecule has 1 aromatic rings. The molecule has 1 spiro atoms. The van der Waals surface area contributed by atoms with Gasteiger partial charge in [-0.25, -0.2) is 0 Å². The number of aryl methyl sites for hydroxylation is 1. The molecule has 2 aliphatic rings. The van der Waals surface area contributed by atoms with E-state index >= 15 is 0 Å². The average Bonchev–Trinajstić information content (AvgIpc) is 2.68. The van der Waals surface area contributed by atoms with Crippen LogP contribution < -0.4 is 10.1 Å². The molecule has 1 N–H and O–H groups in total. The molecule has 1 heterocycles. The van der Waals surface area contributed by atoms with Gasteiger partial charge in [-0.1, -0.05) is 6.07 Å². The first kappa shape index (κ1) is 11.1. The first-order chi connectivity index (χ1) is 8.23. The van der Waals surface area contributed by atoms with Gasteiger partial charge in [0.05, 0.1) is 13.2 Å². The lowest BCUT2D eigenvalue weighted by Crippen LogP contribution is -2.49. The average molecular weight is 233 g/mol. The third-order valence-electron chi connectivity index (χ3n) is 3.88. The summed E-state index contributed by atoms with van der Waals surface area (Å²) < 4.78 is 11.6. The molecule has 2 atom stereocenters. The lowest BCUT2D eigenvalue weighted by molar-refractivity contribution is -0.113. The second-order valence-electron chi connectivity index (χ2n) is 5.08. The summed E-state index contributed by atoms with van der Waals surface area (Å²) in [6, 6.07) is 6.35. The van der Waals surface area contributed by atoms with Gasteiger partial charge in [-0.15, -0.1) is 0 Å². The van der Waals surface area contributed by atoms with Crippen molar-refractivity contribution in [3.63, 3.8) is 0 Å². The van der Waals surface area contributed by atoms with E-state index in [0.29, 0.717) is 0 Å². The maximum atomic E-state index is 6.24. The molecule has 3 nitrogen and oxygen atoms in total. The summed E-state index contributed by atoms with van der Waals surface area (Å²) >= 11 is 0. The molecular weight excluding hydrogens is 214 g/mol. The zero-order valence-electron chi connectivity index (χ0n) is 10.5. The van der Waals surface area contributed by atoms with Gasteiger partial charge < -0.3 is 14.8 Å². The molecule has 0 radical (unpaired) electrons. The number of rotatable bonds is 1. The van der Waals surface area contributed by atoms with Gasteiger partial charge in [0, 0.05) is 13.1 Å². The van der Waals surface area contributed by atoms with Crippen molar-refractivity contribution in [3.8, 4) is 5.75 Å². The highest BCUT2D eigenvalue weighted by Gasteiger charge is 2.43. The zero-order valence-corrected chi connectivity index (χ0v) is 10.5. The highest BCUT2D eigenvalue weighted by molar-refractivity contribution is 5.43. The molecule has 2 unspecified atom stereocenters. The Balaban J connectivity index is 2.01. The molecular formula is C14H19NO2. The maximum absolute atomic E-state index is 6.24. The third kappa shape index (κ3) is 1.74. The van der Waals surface area contributed by atoms with Crippen molar-refractivity contribution in [1.29, 1.82) is 0 Å². The van der Waals surface area contributed by atoms with E-state index in [1.807, 2.05) is 6.07 Å². The van der Waals surface area contributed by atoms with Crippen molar-refractivity contribution in [3.05, 3.63) is 29.3 Å². The van der Waals surface area contributed by atoms with E-state index < -0.39 is 0 Å². The zero-order chi connectivity index (χ0) is 11.9. The smallest absolute Gasteiger partial charge is 0.119 e. The molecule has 1 aromatic carbocycles. The molecule has 0 saturated carbocycles. The van der Waals surface area contributed by atoms with Crippen LogP contribution in [0.4, 0.5) is 0 Å². The predicted molar refractivity (Wildman–Crippen MR) is 66.4 cm³/mol. The molecule has 0 amide bonds. The molecule has 1 saturated heterocycles. The van der Waals surface area contributed by atoms with Crippen molar-refractivity contribution in [1.82, 2.24) is 5.32 Å². The van der Waals surface area contributed by atoms with Gasteiger partial charge in [0.1, 0.15) is 11.4 Å². The van der Waals surface area contributed by atoms with Crippen molar-refractivity contribution in [2.45, 2.75) is 31.5 Å². The van der Waals surface area contributed by atoms with E-state index in [-0.39, 0.29) is 11.7 Å². The van der Waals surface area contributed by atoms with Crippen LogP contribution in [0.1, 0.15) is 24.5 Å². The Bertz CT molecular complexity index is 428. The van der Waals surface area contributed by atoms with Crippen LogP contribution in [0, 0.1) is 0 Å². The first-order valence-corrected chi connectivity index (χ1v) is 6.29. The number of fused-ring (bicyclic) bond motifs is 2. The fourth-order valence-electron chi connectivity index (χ4n) is 3.05. The minimum atomic E-state index is -0.123. The molecule has 1 aliphatic heterocycles. The van der Waals surface area contributed by atoms with E-state index in [1.54, 1.807) is 7.11 Å². The lowest BCUT2D eigenvalue weighted by Gasteiger charge is -2.38. The third-order valence-corrected chi connectivity index (χ3v) is 3.88. The monoisotopic (exact) mass is 233 g/mol. The Kier molecular flexibility index (Phi) is 2.60. The predicted octanol–water partition coefficient (Wildman–Crippen LogP) is 1.84. The number of hydrogen-bond donors (Lipinski definition) is 1. The second kappa shape index (κ2) is 4.00. The van der Waals surface area contributed by atoms with Crippen LogP contribution in [0.25, 0.3) is 0 Å². The van der Waals surface area contributed by atoms with Gasteiger partial charge in [-0.3, -0.25) is 0 Å². The summed E-state index contributed by atoms with van der Waals surface area (Å²) in [7, 11) is 1.71. The van der Waals surface area contributed by atoms with E-state index in [9.17, 15) is 0 Å². The molecule has 92 valence electrons. The van der Waals surface area contributed by atoms with Gasteiger partial charge in [0.15, 0.2) is 0 Å². The quantitative estimate of drug-likeness (QED) is 0.803. The number of methoxy groups -OCH3 is 1. The number of hydrogen-bond acceptors (Lipinski definition) is 3. The summed E-state index contributed by atoms with van der Waals surface area (Å²) in [5.41, 5.74) is 2.60. The Hall–Kier alpha value is -1.06. The van der Waals surface area contributed by atoms with Gasteiger partial charge in [0.2, 0.25) is 0 Å². The van der Waals surface area contributed by atoms with Crippen molar-refractivity contribution < 1.29 is 9.47 Å². The SMILES string of the molecule is COc1ccc2c(c1)C1(CC2)CNCC(C)O1. The second-order valence-corrected chi connectivity index (χ2v) is 5.08. The summed E-state index contributed by atoms with van der Waals surface area (Å²) in [6.07, 6.45) is 2.46. The van der Waals surface area contributed by atoms with Crippen molar-refractivity contribution in [2.24, 2.45) is 0 Å². The molecule has 3 rings (SSSR count). The highest BCUT2D eigenvalue weighted by atomic mass is 16.5. The minimum Gasteiger partial charge on any atom is -0.497 e. The molecule has 3 heteroatoms. The highest BCUT2D eigenvalue weighted by Crippen LogP contribution is 2.43. The van der Waals surface area contributed by atoms with Crippen LogP contribution >= 0.6 is 0 Å². The molecule has 1 fully saturated rings. The van der Waals surface area contributed by atoms with E-state index in [1.165, 1.54) is 11.1 Å². The fourth-order valence-corrected chi connectivity index (χ4v) is 3.05. The van der Waals surface area contributed by atoms with Gasteiger partial charge in [0.25, 0.3) is 0 Å². The normalized spacial score (nSPS) is 31.5. The molecule has 0 bridgehead atoms. The van der Waals surface area contributed by atoms with Crippen molar-refractivity contribution >= 4 is 0 Å². The summed E-state index contributed by atoms with van der Waals surface area (Å²) in [4.78, 5) is 0. The number of ether oxygens (including phenoxy) is 2. The molecule has 17 heavy (non-hydrogen) atoms. The largest absolute Gasteiger partial charge is 0.497 e. The van der Waals surface area contributed by atoms with E-state index in [2.05, 4.69) is 24.4 Å². The Morgan fingerprint density at radius 1 is 1.47 bits per heavy atom. The van der Waals surface area contributed by atoms with Gasteiger partial charge >= 0.3 is 0 Å². The fraction of sp³-hybridized carbons (Fsp3) is 0.571. The van der Waals surface area contributed by atoms with Crippen LogP contribution in [0.15, 0.2) is 18.2 Å². The molecule has 0 aromatic heterocycles. The Labute approximate surface area is 102 Å². The van der Waals surface area contributed by atoms with Crippen LogP contribution in [0.2, 0.25) is 0 Å². The summed E-state index contributed by atoms with van der Waals surface area (Å²) in [5.74, 6) is 0.923. The summed E-state index contributed by atoms with van der Waals surface area (Å²) in [6.45, 7) is 3.99. The number of morpholine rings is 1. The van der Waals surface area contributed by atoms with Crippen LogP contribution in [-0.2, 0) is 16.8 Å². The standard InChI is InChI=1S/C14H19NO2/c1-10-8-15-9-14(17-10)6-5-11-3-4-12(16-2)7-13(11)14/h3-4,7,10,15H,5-6,8-9H2,1-2H3. The van der Waals surface area contributed by atoms with E-state index in [0.717, 1.165) is 31.7 Å². The van der Waals surface area contributed by atoms with Crippen molar-refractivity contribution in [2.75, 3.05) is 20.2 Å². The lowest BCUT2D eigenvalue weighted by atomic mass is 9.93. The van der Waals surface area contributed by atoms with Gasteiger partial charge in [-0.05, 0) is 43.0 Å². The Morgan fingerprint density at radius 2 is 2.35 bits per heavy atom. The maximum Gasteiger partial charge on any atom is 0.119 e. The van der Waals surface area contributed by atoms with Crippen LogP contribution in [0.5, 0.6) is 5.75 Å². The number of nitrogens with one attached hydrogen (secondary N) is 1. The van der Waals surface area contributed by atoms with Gasteiger partial charge in [-0.2, -0.15) is 0 Å². The topological polar surface area (TPSA) is 30.5 Å². The Morgan fingerprint density at radius 3 is 3.12 bits per heavy atom. The molecule has 1 aliphatic carbocycles.